The van der Waals surface area contributed by atoms with Crippen LogP contribution in [0.25, 0.3) is 16.9 Å². The molecule has 0 aliphatic heterocycles. The lowest BCUT2D eigenvalue weighted by molar-refractivity contribution is -0.117. The molecule has 0 bridgehead atoms. The first-order valence-corrected chi connectivity index (χ1v) is 7.86. The Kier molecular flexibility index (Phi) is 3.15. The fourth-order valence-electron chi connectivity index (χ4n) is 2.82. The molecule has 5 nitrogen and oxygen atoms in total. The summed E-state index contributed by atoms with van der Waals surface area (Å²) < 4.78 is 1.79. The number of anilines is 1. The van der Waals surface area contributed by atoms with Gasteiger partial charge in [0.05, 0.1) is 5.69 Å². The highest BCUT2D eigenvalue weighted by molar-refractivity contribution is 5.92. The third-order valence-corrected chi connectivity index (χ3v) is 4.20. The normalized spacial score (nSPS) is 14.2. The van der Waals surface area contributed by atoms with Crippen LogP contribution in [0.2, 0.25) is 0 Å². The minimum absolute atomic E-state index is 0.0222. The Morgan fingerprint density at radius 3 is 2.78 bits per heavy atom. The number of pyridine rings is 1. The molecule has 2 aromatic heterocycles. The smallest absolute Gasteiger partial charge is 0.249 e. The summed E-state index contributed by atoms with van der Waals surface area (Å²) in [7, 11) is 0. The Hall–Kier alpha value is -2.69. The predicted octanol–water partition coefficient (Wildman–Crippen LogP) is 3.36. The van der Waals surface area contributed by atoms with Crippen molar-refractivity contribution >= 4 is 17.5 Å². The highest BCUT2D eigenvalue weighted by Crippen LogP contribution is 2.30. The summed E-state index contributed by atoms with van der Waals surface area (Å²) in [5, 5.41) is 7.29. The van der Waals surface area contributed by atoms with Gasteiger partial charge in [-0.25, -0.2) is 4.52 Å². The molecule has 0 atom stereocenters. The van der Waals surface area contributed by atoms with Crippen LogP contribution >= 0.6 is 0 Å². The standard InChI is InChI=1S/C18H18N4O/c1-11-6-9-14(12(2)10-11)15-4-3-5-16-19-18(21-22(15)16)20-17(23)13-7-8-13/h3-6,9-10,13H,7-8H2,1-2H3,(H,20,21,23). The SMILES string of the molecule is Cc1ccc(-c2cccc3nc(NC(=O)C4CC4)nn23)c(C)c1. The second-order valence-electron chi connectivity index (χ2n) is 6.20. The molecule has 1 N–H and O–H groups in total. The zero-order valence-electron chi connectivity index (χ0n) is 13.2. The van der Waals surface area contributed by atoms with Crippen LogP contribution in [0.5, 0.6) is 0 Å². The van der Waals surface area contributed by atoms with E-state index in [1.165, 1.54) is 11.1 Å². The maximum Gasteiger partial charge on any atom is 0.249 e. The topological polar surface area (TPSA) is 59.3 Å². The highest BCUT2D eigenvalue weighted by Gasteiger charge is 2.30. The maximum atomic E-state index is 11.9. The van der Waals surface area contributed by atoms with Gasteiger partial charge >= 0.3 is 0 Å². The van der Waals surface area contributed by atoms with E-state index >= 15 is 0 Å². The van der Waals surface area contributed by atoms with E-state index in [2.05, 4.69) is 47.4 Å². The molecule has 0 saturated heterocycles. The second kappa shape index (κ2) is 5.19. The van der Waals surface area contributed by atoms with Gasteiger partial charge in [0.1, 0.15) is 0 Å². The van der Waals surface area contributed by atoms with E-state index < -0.39 is 0 Å². The summed E-state index contributed by atoms with van der Waals surface area (Å²) in [5.41, 5.74) is 5.24. The average molecular weight is 306 g/mol. The van der Waals surface area contributed by atoms with Crippen molar-refractivity contribution < 1.29 is 4.79 Å². The molecule has 0 unspecified atom stereocenters. The van der Waals surface area contributed by atoms with Crippen molar-refractivity contribution in [2.24, 2.45) is 5.92 Å². The van der Waals surface area contributed by atoms with Crippen molar-refractivity contribution in [2.75, 3.05) is 5.32 Å². The first-order valence-electron chi connectivity index (χ1n) is 7.86. The largest absolute Gasteiger partial charge is 0.293 e. The molecule has 2 heterocycles. The number of hydrogen-bond donors (Lipinski definition) is 1. The first kappa shape index (κ1) is 13.9. The van der Waals surface area contributed by atoms with Crippen molar-refractivity contribution in [1.82, 2.24) is 14.6 Å². The van der Waals surface area contributed by atoms with Crippen LogP contribution < -0.4 is 5.32 Å². The van der Waals surface area contributed by atoms with E-state index in [9.17, 15) is 4.79 Å². The molecule has 5 heteroatoms. The average Bonchev–Trinajstić information content (AvgIpc) is 3.28. The molecule has 0 spiro atoms. The summed E-state index contributed by atoms with van der Waals surface area (Å²) in [6, 6.07) is 12.2. The summed E-state index contributed by atoms with van der Waals surface area (Å²) in [5.74, 6) is 0.536. The molecule has 0 radical (unpaired) electrons. The lowest BCUT2D eigenvalue weighted by atomic mass is 10.0. The van der Waals surface area contributed by atoms with E-state index in [0.717, 1.165) is 29.7 Å². The minimum atomic E-state index is 0.0222. The molecule has 1 aliphatic carbocycles. The number of carbonyl (C=O) groups excluding carboxylic acids is 1. The third kappa shape index (κ3) is 2.59. The van der Waals surface area contributed by atoms with Crippen LogP contribution in [0.3, 0.4) is 0 Å². The maximum absolute atomic E-state index is 11.9. The van der Waals surface area contributed by atoms with Crippen molar-refractivity contribution in [1.29, 1.82) is 0 Å². The number of aromatic nitrogens is 3. The van der Waals surface area contributed by atoms with Crippen LogP contribution in [0.1, 0.15) is 24.0 Å². The van der Waals surface area contributed by atoms with Gasteiger partial charge in [0.15, 0.2) is 5.65 Å². The first-order chi connectivity index (χ1) is 11.1. The van der Waals surface area contributed by atoms with Crippen LogP contribution in [0.15, 0.2) is 36.4 Å². The second-order valence-corrected chi connectivity index (χ2v) is 6.20. The number of fused-ring (bicyclic) bond motifs is 1. The van der Waals surface area contributed by atoms with E-state index in [1.807, 2.05) is 18.2 Å². The molecule has 4 rings (SSSR count). The summed E-state index contributed by atoms with van der Waals surface area (Å²) in [6.07, 6.45) is 1.93. The van der Waals surface area contributed by atoms with Crippen molar-refractivity contribution in [3.8, 4) is 11.3 Å². The number of hydrogen-bond acceptors (Lipinski definition) is 3. The van der Waals surface area contributed by atoms with E-state index in [-0.39, 0.29) is 11.8 Å². The van der Waals surface area contributed by atoms with Crippen LogP contribution in [0, 0.1) is 19.8 Å². The van der Waals surface area contributed by atoms with Crippen molar-refractivity contribution in [2.45, 2.75) is 26.7 Å². The Bertz CT molecular complexity index is 909. The lowest BCUT2D eigenvalue weighted by Gasteiger charge is -2.08. The van der Waals surface area contributed by atoms with Crippen LogP contribution in [-0.2, 0) is 4.79 Å². The number of amides is 1. The van der Waals surface area contributed by atoms with E-state index in [0.29, 0.717) is 5.95 Å². The molecule has 1 aromatic carbocycles. The van der Waals surface area contributed by atoms with Gasteiger partial charge in [-0.2, -0.15) is 4.98 Å². The fraction of sp³-hybridized carbons (Fsp3) is 0.278. The van der Waals surface area contributed by atoms with Gasteiger partial charge in [-0.05, 0) is 44.4 Å². The molecule has 1 amide bonds. The highest BCUT2D eigenvalue weighted by atomic mass is 16.2. The third-order valence-electron chi connectivity index (χ3n) is 4.20. The summed E-state index contributed by atoms with van der Waals surface area (Å²) >= 11 is 0. The van der Waals surface area contributed by atoms with Crippen molar-refractivity contribution in [3.63, 3.8) is 0 Å². The monoisotopic (exact) mass is 306 g/mol. The number of rotatable bonds is 3. The van der Waals surface area contributed by atoms with Gasteiger partial charge in [0.2, 0.25) is 11.9 Å². The van der Waals surface area contributed by atoms with Crippen molar-refractivity contribution in [3.05, 3.63) is 47.5 Å². The quantitative estimate of drug-likeness (QED) is 0.807. The number of nitrogens with one attached hydrogen (secondary N) is 1. The Morgan fingerprint density at radius 1 is 1.22 bits per heavy atom. The Labute approximate surface area is 134 Å². The summed E-state index contributed by atoms with van der Waals surface area (Å²) in [6.45, 7) is 4.17. The summed E-state index contributed by atoms with van der Waals surface area (Å²) in [4.78, 5) is 16.3. The van der Waals surface area contributed by atoms with E-state index in [4.69, 9.17) is 0 Å². The van der Waals surface area contributed by atoms with Gasteiger partial charge in [0, 0.05) is 11.5 Å². The molecule has 1 fully saturated rings. The van der Waals surface area contributed by atoms with Gasteiger partial charge in [-0.15, -0.1) is 5.10 Å². The van der Waals surface area contributed by atoms with E-state index in [1.54, 1.807) is 4.52 Å². The molecular weight excluding hydrogens is 288 g/mol. The predicted molar refractivity (Wildman–Crippen MR) is 89.3 cm³/mol. The van der Waals surface area contributed by atoms with Gasteiger partial charge in [-0.1, -0.05) is 29.8 Å². The van der Waals surface area contributed by atoms with Crippen LogP contribution in [-0.4, -0.2) is 20.5 Å². The fourth-order valence-corrected chi connectivity index (χ4v) is 2.82. The lowest BCUT2D eigenvalue weighted by Crippen LogP contribution is -2.14. The number of aryl methyl sites for hydroxylation is 2. The van der Waals surface area contributed by atoms with Gasteiger partial charge in [-0.3, -0.25) is 10.1 Å². The van der Waals surface area contributed by atoms with Gasteiger partial charge < -0.3 is 0 Å². The molecule has 1 aliphatic rings. The zero-order chi connectivity index (χ0) is 16.0. The number of benzene rings is 1. The molecule has 23 heavy (non-hydrogen) atoms. The minimum Gasteiger partial charge on any atom is -0.293 e. The van der Waals surface area contributed by atoms with Crippen LogP contribution in [0.4, 0.5) is 5.95 Å². The number of nitrogens with zero attached hydrogens (tertiary/aromatic N) is 3. The Balaban J connectivity index is 1.77. The molecule has 116 valence electrons. The number of carbonyl (C=O) groups is 1. The molecule has 1 saturated carbocycles. The Morgan fingerprint density at radius 2 is 2.04 bits per heavy atom. The molecule has 3 aromatic rings. The molecular formula is C18H18N4O. The van der Waals surface area contributed by atoms with Gasteiger partial charge in [0.25, 0.3) is 0 Å². The zero-order valence-corrected chi connectivity index (χ0v) is 13.2.